The second kappa shape index (κ2) is 6.08. The third-order valence-electron chi connectivity index (χ3n) is 0.839. The van der Waals surface area contributed by atoms with E-state index in [-0.39, 0.29) is 31.1 Å². The predicted octanol–water partition coefficient (Wildman–Crippen LogP) is -0.0500. The van der Waals surface area contributed by atoms with Crippen LogP contribution in [0.25, 0.3) is 0 Å². The van der Waals surface area contributed by atoms with E-state index < -0.39 is 0 Å². The zero-order valence-electron chi connectivity index (χ0n) is 6.06. The maximum Gasteiger partial charge on any atom is 0.171 e. The number of rotatable bonds is 3. The average molecular weight is 397 g/mol. The third-order valence-corrected chi connectivity index (χ3v) is 1.03. The zero-order chi connectivity index (χ0) is 7.40. The van der Waals surface area contributed by atoms with Crippen molar-refractivity contribution >= 4 is 9.24 Å². The van der Waals surface area contributed by atoms with E-state index >= 15 is 0 Å². The number of tetrazole rings is 1. The Morgan fingerprint density at radius 2 is 2.45 bits per heavy atom. The monoisotopic (exact) mass is 397 g/mol. The normalized spacial score (nSPS) is 9.27. The molecule has 1 aromatic rings. The molecule has 0 radical (unpaired) electrons. The molecule has 0 amide bonds. The van der Waals surface area contributed by atoms with Gasteiger partial charge in [-0.15, -0.1) is 15.0 Å². The molecule has 0 aliphatic heterocycles. The van der Waals surface area contributed by atoms with Gasteiger partial charge in [0, 0.05) is 31.1 Å². The first-order valence-corrected chi connectivity index (χ1v) is 3.39. The Morgan fingerprint density at radius 1 is 1.73 bits per heavy atom. The van der Waals surface area contributed by atoms with Crippen molar-refractivity contribution in [3.05, 3.63) is 12.2 Å². The molecule has 1 heterocycles. The standard InChI is InChI=1S/C4H8N4OP.U/c1-4-5-7-8(6-4)2-9-3-10;/h3H,2,10H2,1H3;/q-1;. The van der Waals surface area contributed by atoms with Crippen LogP contribution in [0.2, 0.25) is 0 Å². The topological polar surface area (TPSA) is 52.8 Å². The summed E-state index contributed by atoms with van der Waals surface area (Å²) in [5.41, 5.74) is 0. The summed E-state index contributed by atoms with van der Waals surface area (Å²) in [5, 5.41) is 11.2. The molecule has 11 heavy (non-hydrogen) atoms. The van der Waals surface area contributed by atoms with Gasteiger partial charge >= 0.3 is 0 Å². The van der Waals surface area contributed by atoms with Gasteiger partial charge in [0.15, 0.2) is 5.82 Å². The van der Waals surface area contributed by atoms with E-state index in [2.05, 4.69) is 24.7 Å². The summed E-state index contributed by atoms with van der Waals surface area (Å²) in [5.74, 6) is 0.646. The summed E-state index contributed by atoms with van der Waals surface area (Å²) in [6, 6.07) is 0. The second-order valence-corrected chi connectivity index (χ2v) is 1.91. The molecule has 1 aromatic heterocycles. The van der Waals surface area contributed by atoms with Gasteiger partial charge in [-0.2, -0.15) is 6.35 Å². The fraction of sp³-hybridized carbons (Fsp3) is 0.500. The molecule has 0 N–H and O–H groups in total. The minimum Gasteiger partial charge on any atom is -0.530 e. The largest absolute Gasteiger partial charge is 0.530 e. The number of hydrogen-bond acceptors (Lipinski definition) is 4. The van der Waals surface area contributed by atoms with Crippen molar-refractivity contribution < 1.29 is 35.9 Å². The molecule has 0 bridgehead atoms. The van der Waals surface area contributed by atoms with Gasteiger partial charge < -0.3 is 4.74 Å². The summed E-state index contributed by atoms with van der Waals surface area (Å²) >= 11 is 0. The van der Waals surface area contributed by atoms with Gasteiger partial charge in [0.05, 0.1) is 0 Å². The zero-order valence-corrected chi connectivity index (χ0v) is 11.4. The van der Waals surface area contributed by atoms with Crippen LogP contribution >= 0.6 is 9.24 Å². The van der Waals surface area contributed by atoms with Crippen LogP contribution in [0.4, 0.5) is 0 Å². The molecule has 1 atom stereocenters. The molecule has 7 heteroatoms. The number of nitrogens with zero attached hydrogens (tertiary/aromatic N) is 4. The minimum absolute atomic E-state index is 0. The Morgan fingerprint density at radius 3 is 2.91 bits per heavy atom. The van der Waals surface area contributed by atoms with Crippen LogP contribution in [0.1, 0.15) is 5.82 Å². The molecule has 60 valence electrons. The van der Waals surface area contributed by atoms with Crippen LogP contribution in [-0.4, -0.2) is 20.2 Å². The summed E-state index contributed by atoms with van der Waals surface area (Å²) in [7, 11) is 2.32. The molecular weight excluding hydrogens is 389 g/mol. The SMILES string of the molecule is Cc1nnn(CO[CH-]P)n1.[U]. The van der Waals surface area contributed by atoms with Gasteiger partial charge in [-0.1, -0.05) is 0 Å². The molecule has 1 unspecified atom stereocenters. The van der Waals surface area contributed by atoms with Crippen LogP contribution in [0.3, 0.4) is 0 Å². The first-order chi connectivity index (χ1) is 4.83. The first-order valence-electron chi connectivity index (χ1n) is 2.72. The van der Waals surface area contributed by atoms with E-state index in [9.17, 15) is 0 Å². The minimum atomic E-state index is 0. The average Bonchev–Trinajstić information content (AvgIpc) is 2.31. The van der Waals surface area contributed by atoms with E-state index in [4.69, 9.17) is 4.74 Å². The quantitative estimate of drug-likeness (QED) is 0.531. The van der Waals surface area contributed by atoms with Crippen molar-refractivity contribution in [2.45, 2.75) is 13.7 Å². The number of aryl methyl sites for hydroxylation is 1. The smallest absolute Gasteiger partial charge is 0.171 e. The molecule has 0 aromatic carbocycles. The Kier molecular flexibility index (Phi) is 6.36. The van der Waals surface area contributed by atoms with Crippen molar-refractivity contribution in [1.82, 2.24) is 20.2 Å². The Bertz CT molecular complexity index is 206. The van der Waals surface area contributed by atoms with Gasteiger partial charge in [-0.25, -0.2) is 0 Å². The molecule has 0 aliphatic rings. The number of aromatic nitrogens is 4. The molecule has 0 saturated carbocycles. The molecule has 0 fully saturated rings. The fourth-order valence-corrected chi connectivity index (χ4v) is 0.574. The van der Waals surface area contributed by atoms with E-state index in [0.29, 0.717) is 12.6 Å². The van der Waals surface area contributed by atoms with Crippen LogP contribution in [0.5, 0.6) is 0 Å². The number of ether oxygens (including phenoxy) is 1. The maximum absolute atomic E-state index is 4.87. The Hall–Kier alpha value is 0.512. The Labute approximate surface area is 90.8 Å². The summed E-state index contributed by atoms with van der Waals surface area (Å²) in [4.78, 5) is 1.37. The van der Waals surface area contributed by atoms with Gasteiger partial charge in [0.25, 0.3) is 0 Å². The second-order valence-electron chi connectivity index (χ2n) is 1.64. The van der Waals surface area contributed by atoms with Crippen molar-refractivity contribution in [3.63, 3.8) is 0 Å². The predicted molar refractivity (Wildman–Crippen MR) is 37.6 cm³/mol. The first kappa shape index (κ1) is 11.5. The molecule has 5 nitrogen and oxygen atoms in total. The molecule has 0 saturated heterocycles. The number of hydrogen-bond donors (Lipinski definition) is 0. The summed E-state index contributed by atoms with van der Waals surface area (Å²) in [6.07, 6.45) is 1.50. The van der Waals surface area contributed by atoms with Crippen LogP contribution in [-0.2, 0) is 11.5 Å². The van der Waals surface area contributed by atoms with E-state index in [0.717, 1.165) is 0 Å². The van der Waals surface area contributed by atoms with Crippen LogP contribution in [0, 0.1) is 44.4 Å². The van der Waals surface area contributed by atoms with Crippen LogP contribution < -0.4 is 0 Å². The van der Waals surface area contributed by atoms with Gasteiger partial charge in [0.1, 0.15) is 6.73 Å². The third kappa shape index (κ3) is 4.17. The van der Waals surface area contributed by atoms with E-state index in [1.165, 1.54) is 11.1 Å². The van der Waals surface area contributed by atoms with Crippen molar-refractivity contribution in [2.75, 3.05) is 0 Å². The molecular formula is C4H8N4OPU-. The van der Waals surface area contributed by atoms with Crippen molar-refractivity contribution in [2.24, 2.45) is 0 Å². The molecule has 1 rings (SSSR count). The Balaban J connectivity index is 0.000001000. The van der Waals surface area contributed by atoms with Crippen molar-refractivity contribution in [3.8, 4) is 0 Å². The van der Waals surface area contributed by atoms with Gasteiger partial charge in [-0.05, 0) is 12.1 Å². The summed E-state index contributed by atoms with van der Waals surface area (Å²) < 4.78 is 4.87. The summed E-state index contributed by atoms with van der Waals surface area (Å²) in [6.45, 7) is 2.08. The van der Waals surface area contributed by atoms with Crippen molar-refractivity contribution in [1.29, 1.82) is 0 Å². The van der Waals surface area contributed by atoms with Gasteiger partial charge in [-0.3, -0.25) is 9.24 Å². The van der Waals surface area contributed by atoms with Gasteiger partial charge in [0.2, 0.25) is 0 Å². The fourth-order valence-electron chi connectivity index (χ4n) is 0.488. The van der Waals surface area contributed by atoms with E-state index in [1.54, 1.807) is 6.92 Å². The maximum atomic E-state index is 4.87. The molecule has 0 aliphatic carbocycles. The van der Waals surface area contributed by atoms with E-state index in [1.807, 2.05) is 0 Å². The van der Waals surface area contributed by atoms with Crippen LogP contribution in [0.15, 0.2) is 0 Å². The molecule has 0 spiro atoms.